The maximum atomic E-state index is 12.1. The number of carbonyl (C=O) groups excluding carboxylic acids is 2. The first-order valence-electron chi connectivity index (χ1n) is 6.78. The highest BCUT2D eigenvalue weighted by molar-refractivity contribution is 5.87. The van der Waals surface area contributed by atoms with Crippen LogP contribution in [0.1, 0.15) is 32.8 Å². The zero-order valence-corrected chi connectivity index (χ0v) is 12.5. The highest BCUT2D eigenvalue weighted by Gasteiger charge is 2.20. The summed E-state index contributed by atoms with van der Waals surface area (Å²) in [7, 11) is 0. The zero-order chi connectivity index (χ0) is 15.1. The van der Waals surface area contributed by atoms with E-state index in [1.165, 1.54) is 6.92 Å². The van der Waals surface area contributed by atoms with E-state index in [4.69, 9.17) is 0 Å². The second-order valence-corrected chi connectivity index (χ2v) is 5.31. The summed E-state index contributed by atoms with van der Waals surface area (Å²) in [6, 6.07) is 7.13. The van der Waals surface area contributed by atoms with Crippen LogP contribution in [0.5, 0.6) is 0 Å². The molecule has 0 aliphatic carbocycles. The highest BCUT2D eigenvalue weighted by atomic mass is 16.2. The van der Waals surface area contributed by atoms with Crippen LogP contribution in [0, 0.1) is 12.8 Å². The summed E-state index contributed by atoms with van der Waals surface area (Å²) in [5.41, 5.74) is 7.41. The number of amides is 2. The van der Waals surface area contributed by atoms with Crippen molar-refractivity contribution >= 4 is 17.5 Å². The van der Waals surface area contributed by atoms with Crippen LogP contribution in [0.25, 0.3) is 0 Å². The zero-order valence-electron chi connectivity index (χ0n) is 12.5. The molecule has 5 nitrogen and oxygen atoms in total. The van der Waals surface area contributed by atoms with Crippen molar-refractivity contribution in [2.75, 3.05) is 5.43 Å². The number of carbonyl (C=O) groups is 2. The van der Waals surface area contributed by atoms with E-state index in [1.54, 1.807) is 0 Å². The predicted octanol–water partition coefficient (Wildman–Crippen LogP) is 1.99. The molecule has 0 aliphatic rings. The van der Waals surface area contributed by atoms with Crippen molar-refractivity contribution in [2.24, 2.45) is 5.92 Å². The summed E-state index contributed by atoms with van der Waals surface area (Å²) in [5.74, 6) is -0.130. The number of hydrogen-bond acceptors (Lipinski definition) is 3. The smallest absolute Gasteiger partial charge is 0.260 e. The fourth-order valence-corrected chi connectivity index (χ4v) is 1.88. The summed E-state index contributed by atoms with van der Waals surface area (Å²) in [5, 5.41) is 2.67. The molecule has 0 fully saturated rings. The maximum absolute atomic E-state index is 12.1. The van der Waals surface area contributed by atoms with Gasteiger partial charge < -0.3 is 5.32 Å². The quantitative estimate of drug-likeness (QED) is 0.696. The maximum Gasteiger partial charge on any atom is 0.260 e. The van der Waals surface area contributed by atoms with E-state index in [9.17, 15) is 9.59 Å². The van der Waals surface area contributed by atoms with Gasteiger partial charge in [-0.1, -0.05) is 32.0 Å². The first kappa shape index (κ1) is 16.0. The minimum atomic E-state index is -0.524. The van der Waals surface area contributed by atoms with Crippen LogP contribution in [0.3, 0.4) is 0 Å². The summed E-state index contributed by atoms with van der Waals surface area (Å²) < 4.78 is 0. The number of benzene rings is 1. The Morgan fingerprint density at radius 3 is 2.40 bits per heavy atom. The average Bonchev–Trinajstić information content (AvgIpc) is 2.35. The second kappa shape index (κ2) is 7.53. The summed E-state index contributed by atoms with van der Waals surface area (Å²) in [6.07, 6.45) is 0.598. The highest BCUT2D eigenvalue weighted by Crippen LogP contribution is 2.12. The molecule has 1 unspecified atom stereocenters. The molecule has 0 aromatic heterocycles. The Kier molecular flexibility index (Phi) is 6.03. The largest absolute Gasteiger partial charge is 0.344 e. The molecular formula is C15H23N3O2. The van der Waals surface area contributed by atoms with Gasteiger partial charge in [0.2, 0.25) is 5.91 Å². The van der Waals surface area contributed by atoms with Gasteiger partial charge in [0, 0.05) is 6.92 Å². The minimum absolute atomic E-state index is 0.207. The molecular weight excluding hydrogens is 254 g/mol. The Morgan fingerprint density at radius 2 is 1.85 bits per heavy atom. The first-order chi connectivity index (χ1) is 9.40. The van der Waals surface area contributed by atoms with Gasteiger partial charge in [-0.3, -0.25) is 20.4 Å². The monoisotopic (exact) mass is 277 g/mol. The van der Waals surface area contributed by atoms with E-state index in [0.717, 1.165) is 11.3 Å². The van der Waals surface area contributed by atoms with Gasteiger partial charge in [-0.2, -0.15) is 0 Å². The third-order valence-electron chi connectivity index (χ3n) is 2.87. The number of anilines is 1. The van der Waals surface area contributed by atoms with Crippen molar-refractivity contribution in [2.45, 2.75) is 40.2 Å². The molecule has 0 saturated heterocycles. The number of rotatable bonds is 6. The summed E-state index contributed by atoms with van der Waals surface area (Å²) in [4.78, 5) is 23.3. The summed E-state index contributed by atoms with van der Waals surface area (Å²) in [6.45, 7) is 7.39. The Labute approximate surface area is 120 Å². The Morgan fingerprint density at radius 1 is 1.20 bits per heavy atom. The van der Waals surface area contributed by atoms with E-state index >= 15 is 0 Å². The second-order valence-electron chi connectivity index (χ2n) is 5.31. The molecule has 0 bridgehead atoms. The van der Waals surface area contributed by atoms with Crippen molar-refractivity contribution in [3.8, 4) is 0 Å². The Hall–Kier alpha value is -2.04. The van der Waals surface area contributed by atoms with Gasteiger partial charge in [0.05, 0.1) is 5.69 Å². The predicted molar refractivity (Wildman–Crippen MR) is 80.0 cm³/mol. The fourth-order valence-electron chi connectivity index (χ4n) is 1.88. The van der Waals surface area contributed by atoms with Crippen LogP contribution in [-0.2, 0) is 9.59 Å². The number of aryl methyl sites for hydroxylation is 1. The minimum Gasteiger partial charge on any atom is -0.344 e. The van der Waals surface area contributed by atoms with Gasteiger partial charge in [-0.25, -0.2) is 0 Å². The van der Waals surface area contributed by atoms with Gasteiger partial charge >= 0.3 is 0 Å². The van der Waals surface area contributed by atoms with Crippen LogP contribution in [0.2, 0.25) is 0 Å². The lowest BCUT2D eigenvalue weighted by atomic mass is 10.0. The van der Waals surface area contributed by atoms with Gasteiger partial charge in [0.25, 0.3) is 5.91 Å². The molecule has 1 aromatic rings. The molecule has 0 aliphatic heterocycles. The number of hydrazine groups is 1. The molecule has 2 amide bonds. The lowest BCUT2D eigenvalue weighted by Crippen LogP contribution is -2.48. The van der Waals surface area contributed by atoms with E-state index < -0.39 is 6.04 Å². The van der Waals surface area contributed by atoms with Gasteiger partial charge in [0.15, 0.2) is 0 Å². The lowest BCUT2D eigenvalue weighted by Gasteiger charge is -2.20. The van der Waals surface area contributed by atoms with Crippen molar-refractivity contribution in [1.29, 1.82) is 0 Å². The Balaban J connectivity index is 2.62. The van der Waals surface area contributed by atoms with Gasteiger partial charge in [-0.05, 0) is 30.9 Å². The molecule has 0 radical (unpaired) electrons. The van der Waals surface area contributed by atoms with Crippen molar-refractivity contribution < 1.29 is 9.59 Å². The first-order valence-corrected chi connectivity index (χ1v) is 6.78. The van der Waals surface area contributed by atoms with Gasteiger partial charge in [-0.15, -0.1) is 0 Å². The van der Waals surface area contributed by atoms with Crippen LogP contribution < -0.4 is 16.2 Å². The third kappa shape index (κ3) is 5.30. The van der Waals surface area contributed by atoms with Crippen molar-refractivity contribution in [3.05, 3.63) is 29.8 Å². The number of hydrogen-bond donors (Lipinski definition) is 3. The number of nitrogens with one attached hydrogen (secondary N) is 3. The van der Waals surface area contributed by atoms with E-state index in [2.05, 4.69) is 16.2 Å². The lowest BCUT2D eigenvalue weighted by molar-refractivity contribution is -0.128. The van der Waals surface area contributed by atoms with Gasteiger partial charge in [0.1, 0.15) is 6.04 Å². The SMILES string of the molecule is CC(=O)NC(CC(C)C)C(=O)NNc1ccccc1C. The molecule has 110 valence electrons. The Bertz CT molecular complexity index is 472. The number of para-hydroxylation sites is 1. The topological polar surface area (TPSA) is 70.2 Å². The van der Waals surface area contributed by atoms with Crippen molar-refractivity contribution in [1.82, 2.24) is 10.7 Å². The average molecular weight is 277 g/mol. The molecule has 3 N–H and O–H groups in total. The summed E-state index contributed by atoms with van der Waals surface area (Å²) >= 11 is 0. The molecule has 0 spiro atoms. The fraction of sp³-hybridized carbons (Fsp3) is 0.467. The third-order valence-corrected chi connectivity index (χ3v) is 2.87. The van der Waals surface area contributed by atoms with Crippen molar-refractivity contribution in [3.63, 3.8) is 0 Å². The molecule has 1 aromatic carbocycles. The van der Waals surface area contributed by atoms with E-state index in [1.807, 2.05) is 45.0 Å². The standard InChI is InChI=1S/C15H23N3O2/c1-10(2)9-14(16-12(4)19)15(20)18-17-13-8-6-5-7-11(13)3/h5-8,10,14,17H,9H2,1-4H3,(H,16,19)(H,18,20). The normalized spacial score (nSPS) is 11.8. The molecule has 20 heavy (non-hydrogen) atoms. The molecule has 5 heteroatoms. The van der Waals surface area contributed by atoms with Crippen LogP contribution in [0.15, 0.2) is 24.3 Å². The molecule has 1 rings (SSSR count). The van der Waals surface area contributed by atoms with Crippen LogP contribution in [0.4, 0.5) is 5.69 Å². The molecule has 0 saturated carbocycles. The van der Waals surface area contributed by atoms with E-state index in [-0.39, 0.29) is 11.8 Å². The molecule has 1 atom stereocenters. The van der Waals surface area contributed by atoms with Crippen LogP contribution >= 0.6 is 0 Å². The van der Waals surface area contributed by atoms with Crippen LogP contribution in [-0.4, -0.2) is 17.9 Å². The van der Waals surface area contributed by atoms with E-state index in [0.29, 0.717) is 12.3 Å². The molecule has 0 heterocycles.